The van der Waals surface area contributed by atoms with Crippen LogP contribution in [-0.4, -0.2) is 121 Å². The predicted molar refractivity (Wildman–Crippen MR) is 221 cm³/mol. The Morgan fingerprint density at radius 1 is 0.817 bits per heavy atom. The number of benzene rings is 3. The molecule has 6 amide bonds. The van der Waals surface area contributed by atoms with Gasteiger partial charge in [-0.25, -0.2) is 13.6 Å². The maximum absolute atomic E-state index is 15.5. The highest BCUT2D eigenvalue weighted by Gasteiger charge is 2.45. The molecule has 17 heteroatoms. The third-order valence-electron chi connectivity index (χ3n) is 12.6. The number of hydrogen-bond donors (Lipinski definition) is 2. The number of nitrogens with zero attached hydrogens (tertiary/aromatic N) is 7. The van der Waals surface area contributed by atoms with Crippen molar-refractivity contribution in [2.24, 2.45) is 5.92 Å². The number of rotatable bonds is 7. The van der Waals surface area contributed by atoms with E-state index in [1.807, 2.05) is 30.9 Å². The second-order valence-corrected chi connectivity index (χ2v) is 16.8. The summed E-state index contributed by atoms with van der Waals surface area (Å²) in [7, 11) is 0. The highest BCUT2D eigenvalue weighted by atomic mass is 35.5. The lowest BCUT2D eigenvalue weighted by Crippen LogP contribution is -2.59. The van der Waals surface area contributed by atoms with E-state index in [9.17, 15) is 29.2 Å². The van der Waals surface area contributed by atoms with E-state index < -0.39 is 53.0 Å². The van der Waals surface area contributed by atoms with Crippen molar-refractivity contribution in [1.82, 2.24) is 20.0 Å². The van der Waals surface area contributed by atoms with Gasteiger partial charge >= 0.3 is 6.03 Å². The molecule has 3 atom stereocenters. The van der Waals surface area contributed by atoms with E-state index in [2.05, 4.69) is 31.4 Å². The molecule has 0 spiro atoms. The molecule has 314 valence electrons. The van der Waals surface area contributed by atoms with Gasteiger partial charge in [-0.05, 0) is 87.6 Å². The molecule has 4 saturated heterocycles. The molecule has 60 heavy (non-hydrogen) atoms. The van der Waals surface area contributed by atoms with Gasteiger partial charge < -0.3 is 24.9 Å². The number of halogens is 3. The SMILES string of the molecule is C[C@@H]1CN(c2ccc(C#N)c(Cl)c2)[C@@H](C)CN1C(=O)Nc1c(F)cc(N2CCC(CN3CCN(c4ccc5c(c4)C(=O)N(C4CCC(=O)NC4=O)C5=O)CC3)CC2)cc1F. The summed E-state index contributed by atoms with van der Waals surface area (Å²) in [4.78, 5) is 75.1. The molecular formula is C43H46ClF2N9O5. The first-order valence-electron chi connectivity index (χ1n) is 20.4. The minimum atomic E-state index is -1.01. The molecule has 0 aliphatic carbocycles. The molecule has 0 aromatic heterocycles. The number of carbonyl (C=O) groups excluding carboxylic acids is 5. The van der Waals surface area contributed by atoms with Crippen molar-refractivity contribution in [2.45, 2.75) is 57.7 Å². The van der Waals surface area contributed by atoms with Crippen molar-refractivity contribution in [3.8, 4) is 6.07 Å². The van der Waals surface area contributed by atoms with Crippen molar-refractivity contribution in [2.75, 3.05) is 78.9 Å². The molecule has 8 rings (SSSR count). The average Bonchev–Trinajstić information content (AvgIpc) is 3.48. The lowest BCUT2D eigenvalue weighted by atomic mass is 9.95. The molecule has 14 nitrogen and oxygen atoms in total. The van der Waals surface area contributed by atoms with Gasteiger partial charge in [0, 0.05) is 94.5 Å². The van der Waals surface area contributed by atoms with Gasteiger partial charge in [0.05, 0.1) is 21.7 Å². The molecule has 5 aliphatic rings. The summed E-state index contributed by atoms with van der Waals surface area (Å²) in [6, 6.07) is 13.0. The molecule has 3 aromatic carbocycles. The zero-order valence-corrected chi connectivity index (χ0v) is 34.2. The van der Waals surface area contributed by atoms with Crippen molar-refractivity contribution in [1.29, 1.82) is 5.26 Å². The molecule has 1 unspecified atom stereocenters. The van der Waals surface area contributed by atoms with Crippen LogP contribution in [0.1, 0.15) is 65.8 Å². The molecule has 4 fully saturated rings. The Kier molecular flexibility index (Phi) is 11.4. The Labute approximate surface area is 351 Å². The summed E-state index contributed by atoms with van der Waals surface area (Å²) in [6.45, 7) is 9.80. The third-order valence-corrected chi connectivity index (χ3v) is 12.9. The number of imide groups is 2. The van der Waals surface area contributed by atoms with Crippen LogP contribution in [0.3, 0.4) is 0 Å². The Balaban J connectivity index is 0.807. The van der Waals surface area contributed by atoms with Crippen LogP contribution in [-0.2, 0) is 9.59 Å². The van der Waals surface area contributed by atoms with E-state index in [4.69, 9.17) is 11.6 Å². The van der Waals surface area contributed by atoms with E-state index in [0.717, 1.165) is 61.8 Å². The van der Waals surface area contributed by atoms with Crippen LogP contribution in [0.25, 0.3) is 0 Å². The molecular weight excluding hydrogens is 796 g/mol. The predicted octanol–water partition coefficient (Wildman–Crippen LogP) is 5.06. The van der Waals surface area contributed by atoms with Gasteiger partial charge in [0.1, 0.15) is 17.8 Å². The number of nitriles is 1. The summed E-state index contributed by atoms with van der Waals surface area (Å²) in [6.07, 6.45) is 1.87. The lowest BCUT2D eigenvalue weighted by molar-refractivity contribution is -0.136. The summed E-state index contributed by atoms with van der Waals surface area (Å²) in [5, 5.41) is 14.3. The number of nitrogens with one attached hydrogen (secondary N) is 2. The van der Waals surface area contributed by atoms with Crippen LogP contribution in [0, 0.1) is 28.9 Å². The monoisotopic (exact) mass is 841 g/mol. The van der Waals surface area contributed by atoms with Gasteiger partial charge in [-0.1, -0.05) is 11.6 Å². The lowest BCUT2D eigenvalue weighted by Gasteiger charge is -2.45. The number of hydrogen-bond acceptors (Lipinski definition) is 10. The fraction of sp³-hybridized carbons (Fsp3) is 0.442. The molecule has 0 saturated carbocycles. The minimum Gasteiger partial charge on any atom is -0.371 e. The molecule has 3 aromatic rings. The quantitative estimate of drug-likeness (QED) is 0.309. The number of amides is 6. The first kappa shape index (κ1) is 41.0. The number of piperazine rings is 2. The Bertz CT molecular complexity index is 2270. The smallest absolute Gasteiger partial charge is 0.322 e. The van der Waals surface area contributed by atoms with Gasteiger partial charge in [-0.3, -0.25) is 34.3 Å². The minimum absolute atomic E-state index is 0.0650. The van der Waals surface area contributed by atoms with Gasteiger partial charge in [0.25, 0.3) is 11.8 Å². The first-order chi connectivity index (χ1) is 28.8. The number of urea groups is 1. The summed E-state index contributed by atoms with van der Waals surface area (Å²) < 4.78 is 31.0. The van der Waals surface area contributed by atoms with E-state index in [-0.39, 0.29) is 36.1 Å². The number of fused-ring (bicyclic) bond motifs is 1. The van der Waals surface area contributed by atoms with Crippen LogP contribution in [0.2, 0.25) is 5.02 Å². The highest BCUT2D eigenvalue weighted by molar-refractivity contribution is 6.32. The molecule has 5 aliphatic heterocycles. The number of carbonyl (C=O) groups is 5. The Morgan fingerprint density at radius 2 is 1.48 bits per heavy atom. The van der Waals surface area contributed by atoms with Gasteiger partial charge in [-0.2, -0.15) is 5.26 Å². The number of piperidine rings is 2. The van der Waals surface area contributed by atoms with Crippen molar-refractivity contribution < 1.29 is 32.8 Å². The summed E-state index contributed by atoms with van der Waals surface area (Å²) in [5.41, 5.74) is 2.50. The maximum atomic E-state index is 15.5. The second kappa shape index (κ2) is 16.7. The molecule has 0 bridgehead atoms. The number of anilines is 4. The van der Waals surface area contributed by atoms with Crippen molar-refractivity contribution in [3.05, 3.63) is 81.9 Å². The standard InChI is InChI=1S/C43H46ClF2N9O5/c1-25-23-54(26(2)22-53(25)30-4-3-28(21-47)34(44)18-30)43(60)49-39-35(45)19-31(20-36(39)46)51-11-9-27(10-12-51)24-50-13-15-52(16-14-50)29-5-6-32-33(17-29)42(59)55(41(32)58)37-7-8-38(56)48-40(37)57/h3-6,17-20,25-27,37H,7-16,22-24H2,1-2H3,(H,49,60)(H,48,56,57)/t25-,26+,37?/m0/s1. The van der Waals surface area contributed by atoms with Gasteiger partial charge in [0.15, 0.2) is 11.6 Å². The largest absolute Gasteiger partial charge is 0.371 e. The molecule has 2 N–H and O–H groups in total. The van der Waals surface area contributed by atoms with Crippen molar-refractivity contribution >= 4 is 64.0 Å². The van der Waals surface area contributed by atoms with E-state index in [1.54, 1.807) is 29.2 Å². The van der Waals surface area contributed by atoms with Gasteiger partial charge in [0.2, 0.25) is 11.8 Å². The Hall–Kier alpha value is -5.79. The second-order valence-electron chi connectivity index (χ2n) is 16.4. The third kappa shape index (κ3) is 7.95. The fourth-order valence-corrected chi connectivity index (χ4v) is 9.38. The van der Waals surface area contributed by atoms with Crippen LogP contribution in [0.5, 0.6) is 0 Å². The zero-order valence-electron chi connectivity index (χ0n) is 33.4. The van der Waals surface area contributed by atoms with E-state index in [0.29, 0.717) is 48.4 Å². The maximum Gasteiger partial charge on any atom is 0.322 e. The topological polar surface area (TPSA) is 153 Å². The summed E-state index contributed by atoms with van der Waals surface area (Å²) in [5.74, 6) is -3.37. The van der Waals surface area contributed by atoms with Crippen LogP contribution < -0.4 is 25.3 Å². The molecule has 5 heterocycles. The van der Waals surface area contributed by atoms with E-state index >= 15 is 8.78 Å². The molecule has 0 radical (unpaired) electrons. The van der Waals surface area contributed by atoms with Gasteiger partial charge in [-0.15, -0.1) is 0 Å². The fourth-order valence-electron chi connectivity index (χ4n) is 9.17. The highest BCUT2D eigenvalue weighted by Crippen LogP contribution is 2.34. The zero-order chi connectivity index (χ0) is 42.4. The normalized spacial score (nSPS) is 22.9. The van der Waals surface area contributed by atoms with E-state index in [1.165, 1.54) is 12.1 Å². The first-order valence-corrected chi connectivity index (χ1v) is 20.8. The van der Waals surface area contributed by atoms with Crippen LogP contribution in [0.4, 0.5) is 36.3 Å². The van der Waals surface area contributed by atoms with Crippen LogP contribution >= 0.6 is 11.6 Å². The van der Waals surface area contributed by atoms with Crippen molar-refractivity contribution in [3.63, 3.8) is 0 Å². The average molecular weight is 842 g/mol. The summed E-state index contributed by atoms with van der Waals surface area (Å²) >= 11 is 6.27. The Morgan fingerprint density at radius 3 is 2.15 bits per heavy atom. The van der Waals surface area contributed by atoms with Crippen LogP contribution in [0.15, 0.2) is 48.5 Å².